The molecule has 0 spiro atoms. The number of halogens is 1. The van der Waals surface area contributed by atoms with Gasteiger partial charge in [0, 0.05) is 19.2 Å². The zero-order valence-corrected chi connectivity index (χ0v) is 11.5. The van der Waals surface area contributed by atoms with E-state index < -0.39 is 10.0 Å². The van der Waals surface area contributed by atoms with Crippen LogP contribution in [-0.4, -0.2) is 30.9 Å². The maximum Gasteiger partial charge on any atom is 0.247 e. The summed E-state index contributed by atoms with van der Waals surface area (Å²) in [6.07, 6.45) is 0. The van der Waals surface area contributed by atoms with Crippen LogP contribution in [0.15, 0.2) is 20.0 Å². The number of aliphatic hydroxyl groups excluding tert-OH is 1. The molecule has 0 unspecified atom stereocenters. The average Bonchev–Trinajstić information content (AvgIpc) is 2.61. The second-order valence-corrected chi connectivity index (χ2v) is 5.72. The fourth-order valence-electron chi connectivity index (χ4n) is 1.35. The molecule has 0 radical (unpaired) electrons. The van der Waals surface area contributed by atoms with Crippen LogP contribution in [-0.2, 0) is 16.6 Å². The third-order valence-electron chi connectivity index (χ3n) is 2.19. The third-order valence-corrected chi connectivity index (χ3v) is 5.09. The molecule has 1 heterocycles. The summed E-state index contributed by atoms with van der Waals surface area (Å²) < 4.78 is 30.7. The number of aliphatic hydroxyl groups is 1. The van der Waals surface area contributed by atoms with Gasteiger partial charge in [0.25, 0.3) is 0 Å². The normalized spacial score (nSPS) is 12.3. The Morgan fingerprint density at radius 3 is 2.38 bits per heavy atom. The maximum absolute atomic E-state index is 12.1. The summed E-state index contributed by atoms with van der Waals surface area (Å²) in [5.74, 6) is 0.220. The molecule has 0 saturated heterocycles. The Morgan fingerprint density at radius 1 is 1.44 bits per heavy atom. The van der Waals surface area contributed by atoms with Gasteiger partial charge in [-0.15, -0.1) is 0 Å². The van der Waals surface area contributed by atoms with Crippen molar-refractivity contribution < 1.29 is 17.9 Å². The van der Waals surface area contributed by atoms with Gasteiger partial charge in [-0.05, 0) is 15.9 Å². The first-order chi connectivity index (χ1) is 7.47. The van der Waals surface area contributed by atoms with E-state index >= 15 is 0 Å². The van der Waals surface area contributed by atoms with E-state index in [1.54, 1.807) is 13.8 Å². The molecule has 0 atom stereocenters. The Morgan fingerprint density at radius 2 is 2.00 bits per heavy atom. The molecule has 0 aromatic carbocycles. The third kappa shape index (κ3) is 2.48. The second-order valence-electron chi connectivity index (χ2n) is 3.10. The fraction of sp³-hybridized carbons (Fsp3) is 0.556. The molecule has 7 heteroatoms. The molecule has 0 saturated carbocycles. The van der Waals surface area contributed by atoms with E-state index in [1.807, 2.05) is 0 Å². The first-order valence-corrected chi connectivity index (χ1v) is 7.09. The van der Waals surface area contributed by atoms with E-state index in [2.05, 4.69) is 15.9 Å². The van der Waals surface area contributed by atoms with Crippen LogP contribution >= 0.6 is 15.9 Å². The first-order valence-electron chi connectivity index (χ1n) is 4.86. The smallest absolute Gasteiger partial charge is 0.247 e. The maximum atomic E-state index is 12.1. The summed E-state index contributed by atoms with van der Waals surface area (Å²) in [5.41, 5.74) is 0. The largest absolute Gasteiger partial charge is 0.450 e. The quantitative estimate of drug-likeness (QED) is 0.896. The van der Waals surface area contributed by atoms with Crippen LogP contribution in [0.5, 0.6) is 0 Å². The van der Waals surface area contributed by atoms with Crippen molar-refractivity contribution in [3.8, 4) is 0 Å². The van der Waals surface area contributed by atoms with Crippen molar-refractivity contribution in [1.29, 1.82) is 0 Å². The number of nitrogens with zero attached hydrogens (tertiary/aromatic N) is 1. The topological polar surface area (TPSA) is 70.8 Å². The lowest BCUT2D eigenvalue weighted by molar-refractivity contribution is 0.245. The van der Waals surface area contributed by atoms with Crippen LogP contribution in [0, 0.1) is 0 Å². The summed E-state index contributed by atoms with van der Waals surface area (Å²) in [6.45, 7) is 3.99. The van der Waals surface area contributed by atoms with E-state index in [-0.39, 0.29) is 21.9 Å². The lowest BCUT2D eigenvalue weighted by Crippen LogP contribution is -2.30. The van der Waals surface area contributed by atoms with Crippen LogP contribution in [0.3, 0.4) is 0 Å². The molecule has 0 aliphatic carbocycles. The average molecular weight is 312 g/mol. The number of rotatable bonds is 5. The van der Waals surface area contributed by atoms with E-state index in [9.17, 15) is 8.42 Å². The minimum atomic E-state index is -3.54. The van der Waals surface area contributed by atoms with Crippen molar-refractivity contribution in [3.05, 3.63) is 16.5 Å². The Balaban J connectivity index is 3.21. The zero-order valence-electron chi connectivity index (χ0n) is 9.10. The molecular formula is C9H14BrNO4S. The summed E-state index contributed by atoms with van der Waals surface area (Å²) in [4.78, 5) is 0.0558. The van der Waals surface area contributed by atoms with Crippen LogP contribution in [0.1, 0.15) is 19.6 Å². The lowest BCUT2D eigenvalue weighted by atomic mass is 10.5. The molecule has 0 bridgehead atoms. The highest BCUT2D eigenvalue weighted by Crippen LogP contribution is 2.28. The van der Waals surface area contributed by atoms with Gasteiger partial charge < -0.3 is 9.52 Å². The van der Waals surface area contributed by atoms with Gasteiger partial charge in [-0.1, -0.05) is 13.8 Å². The van der Waals surface area contributed by atoms with E-state index in [0.717, 1.165) is 0 Å². The van der Waals surface area contributed by atoms with Crippen molar-refractivity contribution in [3.63, 3.8) is 0 Å². The van der Waals surface area contributed by atoms with Gasteiger partial charge in [-0.25, -0.2) is 8.42 Å². The minimum Gasteiger partial charge on any atom is -0.450 e. The monoisotopic (exact) mass is 311 g/mol. The standard InChI is InChI=1S/C9H14BrNO4S/c1-3-11(4-2)16(13,14)8-5-7(6-12)15-9(8)10/h5,12H,3-4,6H2,1-2H3. The molecule has 1 aromatic heterocycles. The Kier molecular flexibility index (Phi) is 4.54. The minimum absolute atomic E-state index is 0.0558. The summed E-state index contributed by atoms with van der Waals surface area (Å²) in [6, 6.07) is 1.33. The van der Waals surface area contributed by atoms with Crippen LogP contribution in [0.2, 0.25) is 0 Å². The van der Waals surface area contributed by atoms with Gasteiger partial charge in [0.2, 0.25) is 10.0 Å². The second kappa shape index (κ2) is 5.31. The van der Waals surface area contributed by atoms with Gasteiger partial charge in [-0.2, -0.15) is 4.31 Å². The van der Waals surface area contributed by atoms with Gasteiger partial charge in [0.15, 0.2) is 4.67 Å². The molecule has 1 rings (SSSR count). The highest BCUT2D eigenvalue weighted by Gasteiger charge is 2.27. The molecular weight excluding hydrogens is 298 g/mol. The van der Waals surface area contributed by atoms with Crippen LogP contribution < -0.4 is 0 Å². The number of hydrogen-bond acceptors (Lipinski definition) is 4. The van der Waals surface area contributed by atoms with E-state index in [1.165, 1.54) is 10.4 Å². The van der Waals surface area contributed by atoms with E-state index in [0.29, 0.717) is 13.1 Å². The van der Waals surface area contributed by atoms with Gasteiger partial charge in [-0.3, -0.25) is 0 Å². The van der Waals surface area contributed by atoms with Crippen molar-refractivity contribution in [2.75, 3.05) is 13.1 Å². The SMILES string of the molecule is CCN(CC)S(=O)(=O)c1cc(CO)oc1Br. The lowest BCUT2D eigenvalue weighted by Gasteiger charge is -2.17. The molecule has 92 valence electrons. The number of furan rings is 1. The predicted octanol–water partition coefficient (Wildman–Crippen LogP) is 1.56. The number of hydrogen-bond donors (Lipinski definition) is 1. The Hall–Kier alpha value is -0.370. The Labute approximate surface area is 103 Å². The van der Waals surface area contributed by atoms with Crippen LogP contribution in [0.4, 0.5) is 0 Å². The number of sulfonamides is 1. The van der Waals surface area contributed by atoms with Crippen molar-refractivity contribution >= 4 is 26.0 Å². The molecule has 0 aliphatic rings. The predicted molar refractivity (Wildman–Crippen MR) is 62.4 cm³/mol. The molecule has 0 fully saturated rings. The molecule has 16 heavy (non-hydrogen) atoms. The first kappa shape index (κ1) is 13.7. The molecule has 1 aromatic rings. The fourth-order valence-corrected chi connectivity index (χ4v) is 3.77. The van der Waals surface area contributed by atoms with Gasteiger partial charge in [0.05, 0.1) is 0 Å². The van der Waals surface area contributed by atoms with Crippen molar-refractivity contribution in [2.45, 2.75) is 25.3 Å². The van der Waals surface area contributed by atoms with Crippen LogP contribution in [0.25, 0.3) is 0 Å². The summed E-state index contributed by atoms with van der Waals surface area (Å²) >= 11 is 3.04. The summed E-state index contributed by atoms with van der Waals surface area (Å²) in [7, 11) is -3.54. The molecule has 0 aliphatic heterocycles. The molecule has 0 amide bonds. The van der Waals surface area contributed by atoms with Crippen molar-refractivity contribution in [2.24, 2.45) is 0 Å². The molecule has 1 N–H and O–H groups in total. The van der Waals surface area contributed by atoms with Gasteiger partial charge >= 0.3 is 0 Å². The summed E-state index contributed by atoms with van der Waals surface area (Å²) in [5, 5.41) is 8.87. The van der Waals surface area contributed by atoms with Gasteiger partial charge in [0.1, 0.15) is 17.3 Å². The Bertz CT molecular complexity index is 450. The molecule has 5 nitrogen and oxygen atoms in total. The van der Waals surface area contributed by atoms with Crippen molar-refractivity contribution in [1.82, 2.24) is 4.31 Å². The zero-order chi connectivity index (χ0) is 12.3. The highest BCUT2D eigenvalue weighted by atomic mass is 79.9. The van der Waals surface area contributed by atoms with E-state index in [4.69, 9.17) is 9.52 Å². The highest BCUT2D eigenvalue weighted by molar-refractivity contribution is 9.10.